The van der Waals surface area contributed by atoms with Gasteiger partial charge in [-0.15, -0.1) is 0 Å². The van der Waals surface area contributed by atoms with Gasteiger partial charge in [0.25, 0.3) is 0 Å². The van der Waals surface area contributed by atoms with Crippen LogP contribution >= 0.6 is 0 Å². The molecule has 0 aromatic heterocycles. The molecule has 0 bridgehead atoms. The van der Waals surface area contributed by atoms with Crippen molar-refractivity contribution in [2.75, 3.05) is 6.61 Å². The molecule has 0 aliphatic rings. The number of hydrogen-bond donors (Lipinski definition) is 2. The van der Waals surface area contributed by atoms with E-state index in [1.54, 1.807) is 31.2 Å². The summed E-state index contributed by atoms with van der Waals surface area (Å²) >= 11 is 0. The normalized spacial score (nSPS) is 14.2. The third kappa shape index (κ3) is 3.46. The van der Waals surface area contributed by atoms with Crippen LogP contribution < -0.4 is 0 Å². The highest BCUT2D eigenvalue weighted by Crippen LogP contribution is 2.27. The minimum absolute atomic E-state index is 0.173. The summed E-state index contributed by atoms with van der Waals surface area (Å²) in [5.74, 6) is -0.980. The number of phenols is 1. The molecule has 1 aromatic carbocycles. The van der Waals surface area contributed by atoms with Crippen LogP contribution in [0.3, 0.4) is 0 Å². The molecule has 0 aliphatic carbocycles. The van der Waals surface area contributed by atoms with E-state index in [-0.39, 0.29) is 11.7 Å². The Kier molecular flexibility index (Phi) is 4.97. The molecular formula is C13H18O4. The first kappa shape index (κ1) is 13.5. The van der Waals surface area contributed by atoms with Crippen molar-refractivity contribution in [3.05, 3.63) is 29.8 Å². The van der Waals surface area contributed by atoms with Gasteiger partial charge in [-0.05, 0) is 31.0 Å². The standard InChI is InChI=1S/C13H18O4/c1-3-11(12(13(15)16)17-4-2)9-5-7-10(14)8-6-9/h5-8,11-12,14H,3-4H2,1-2H3,(H,15,16)/t11?,12-/m0/s1. The molecule has 0 spiro atoms. The van der Waals surface area contributed by atoms with Gasteiger partial charge in [0, 0.05) is 12.5 Å². The molecule has 4 heteroatoms. The Bertz CT molecular complexity index is 358. The number of carbonyl (C=O) groups is 1. The van der Waals surface area contributed by atoms with Gasteiger partial charge in [0.15, 0.2) is 6.10 Å². The number of hydrogen-bond acceptors (Lipinski definition) is 3. The highest BCUT2D eigenvalue weighted by atomic mass is 16.5. The quantitative estimate of drug-likeness (QED) is 0.798. The third-order valence-electron chi connectivity index (χ3n) is 2.72. The maximum absolute atomic E-state index is 11.2. The number of rotatable bonds is 6. The molecular weight excluding hydrogens is 220 g/mol. The number of phenolic OH excluding ortho intramolecular Hbond substituents is 1. The SMILES string of the molecule is CCO[C@H](C(=O)O)C(CC)c1ccc(O)cc1. The van der Waals surface area contributed by atoms with Gasteiger partial charge in [-0.1, -0.05) is 19.1 Å². The van der Waals surface area contributed by atoms with Crippen LogP contribution in [0.15, 0.2) is 24.3 Å². The fourth-order valence-electron chi connectivity index (χ4n) is 1.89. The predicted octanol–water partition coefficient (Wildman–Crippen LogP) is 2.38. The van der Waals surface area contributed by atoms with Crippen LogP contribution in [0.1, 0.15) is 31.7 Å². The average Bonchev–Trinajstić information content (AvgIpc) is 2.31. The molecule has 94 valence electrons. The maximum Gasteiger partial charge on any atom is 0.333 e. The summed E-state index contributed by atoms with van der Waals surface area (Å²) in [4.78, 5) is 11.2. The van der Waals surface area contributed by atoms with Crippen LogP contribution in [0.5, 0.6) is 5.75 Å². The van der Waals surface area contributed by atoms with E-state index in [1.165, 1.54) is 0 Å². The molecule has 1 rings (SSSR count). The maximum atomic E-state index is 11.2. The minimum atomic E-state index is -0.952. The van der Waals surface area contributed by atoms with E-state index in [0.717, 1.165) is 5.56 Å². The summed E-state index contributed by atoms with van der Waals surface area (Å²) < 4.78 is 5.28. The lowest BCUT2D eigenvalue weighted by Gasteiger charge is -2.23. The second-order valence-electron chi connectivity index (χ2n) is 3.82. The molecule has 1 unspecified atom stereocenters. The number of benzene rings is 1. The molecule has 17 heavy (non-hydrogen) atoms. The van der Waals surface area contributed by atoms with Crippen LogP contribution in [0.25, 0.3) is 0 Å². The Hall–Kier alpha value is -1.55. The largest absolute Gasteiger partial charge is 0.508 e. The summed E-state index contributed by atoms with van der Waals surface area (Å²) in [6.45, 7) is 4.07. The molecule has 0 heterocycles. The zero-order chi connectivity index (χ0) is 12.8. The van der Waals surface area contributed by atoms with Crippen molar-refractivity contribution >= 4 is 5.97 Å². The monoisotopic (exact) mass is 238 g/mol. The van der Waals surface area contributed by atoms with Crippen molar-refractivity contribution in [2.45, 2.75) is 32.3 Å². The molecule has 0 radical (unpaired) electrons. The van der Waals surface area contributed by atoms with E-state index < -0.39 is 12.1 Å². The first-order valence-electron chi connectivity index (χ1n) is 5.73. The van der Waals surface area contributed by atoms with Gasteiger partial charge in [-0.3, -0.25) is 0 Å². The van der Waals surface area contributed by atoms with Gasteiger partial charge < -0.3 is 14.9 Å². The summed E-state index contributed by atoms with van der Waals surface area (Å²) in [6, 6.07) is 6.59. The van der Waals surface area contributed by atoms with Crippen LogP contribution in [0.4, 0.5) is 0 Å². The molecule has 0 saturated carbocycles. The zero-order valence-electron chi connectivity index (χ0n) is 10.1. The van der Waals surface area contributed by atoms with E-state index in [9.17, 15) is 9.90 Å². The first-order valence-corrected chi connectivity index (χ1v) is 5.73. The van der Waals surface area contributed by atoms with Gasteiger partial charge in [-0.2, -0.15) is 0 Å². The van der Waals surface area contributed by atoms with Crippen molar-refractivity contribution < 1.29 is 19.7 Å². The Morgan fingerprint density at radius 3 is 2.29 bits per heavy atom. The third-order valence-corrected chi connectivity index (χ3v) is 2.72. The molecule has 0 amide bonds. The topological polar surface area (TPSA) is 66.8 Å². The molecule has 0 fully saturated rings. The van der Waals surface area contributed by atoms with Crippen molar-refractivity contribution in [1.29, 1.82) is 0 Å². The summed E-state index contributed by atoms with van der Waals surface area (Å²) in [6.07, 6.45) is -0.170. The fourth-order valence-corrected chi connectivity index (χ4v) is 1.89. The Labute approximate surface area is 101 Å². The lowest BCUT2D eigenvalue weighted by Crippen LogP contribution is -2.30. The Balaban J connectivity index is 2.95. The smallest absolute Gasteiger partial charge is 0.333 e. The fraction of sp³-hybridized carbons (Fsp3) is 0.462. The molecule has 2 atom stereocenters. The highest BCUT2D eigenvalue weighted by molar-refractivity contribution is 5.73. The molecule has 1 aromatic rings. The van der Waals surface area contributed by atoms with E-state index >= 15 is 0 Å². The highest BCUT2D eigenvalue weighted by Gasteiger charge is 2.28. The lowest BCUT2D eigenvalue weighted by atomic mass is 9.91. The number of carboxylic acids is 1. The van der Waals surface area contributed by atoms with Gasteiger partial charge >= 0.3 is 5.97 Å². The minimum Gasteiger partial charge on any atom is -0.508 e. The second kappa shape index (κ2) is 6.25. The van der Waals surface area contributed by atoms with Crippen LogP contribution in [0.2, 0.25) is 0 Å². The molecule has 4 nitrogen and oxygen atoms in total. The number of aromatic hydroxyl groups is 1. The van der Waals surface area contributed by atoms with Crippen molar-refractivity contribution in [3.8, 4) is 5.75 Å². The second-order valence-corrected chi connectivity index (χ2v) is 3.82. The summed E-state index contributed by atoms with van der Waals surface area (Å²) in [5.41, 5.74) is 0.867. The predicted molar refractivity (Wildman–Crippen MR) is 64.2 cm³/mol. The molecule has 2 N–H and O–H groups in total. The van der Waals surface area contributed by atoms with E-state index in [1.807, 2.05) is 6.92 Å². The first-order chi connectivity index (χ1) is 8.10. The van der Waals surface area contributed by atoms with Crippen LogP contribution in [0, 0.1) is 0 Å². The lowest BCUT2D eigenvalue weighted by molar-refractivity contribution is -0.151. The van der Waals surface area contributed by atoms with Crippen molar-refractivity contribution in [2.24, 2.45) is 0 Å². The van der Waals surface area contributed by atoms with Crippen molar-refractivity contribution in [1.82, 2.24) is 0 Å². The molecule has 0 aliphatic heterocycles. The number of carboxylic acid groups (broad SMARTS) is 1. The number of ether oxygens (including phenoxy) is 1. The van der Waals surface area contributed by atoms with E-state index in [4.69, 9.17) is 9.84 Å². The van der Waals surface area contributed by atoms with Crippen LogP contribution in [-0.4, -0.2) is 28.9 Å². The number of aliphatic carboxylic acids is 1. The van der Waals surface area contributed by atoms with Gasteiger partial charge in [0.1, 0.15) is 5.75 Å². The average molecular weight is 238 g/mol. The van der Waals surface area contributed by atoms with Crippen LogP contribution in [-0.2, 0) is 9.53 Å². The zero-order valence-corrected chi connectivity index (χ0v) is 10.1. The van der Waals surface area contributed by atoms with Gasteiger partial charge in [0.05, 0.1) is 0 Å². The van der Waals surface area contributed by atoms with Gasteiger partial charge in [0.2, 0.25) is 0 Å². The van der Waals surface area contributed by atoms with E-state index in [0.29, 0.717) is 13.0 Å². The van der Waals surface area contributed by atoms with Gasteiger partial charge in [-0.25, -0.2) is 4.79 Å². The van der Waals surface area contributed by atoms with E-state index in [2.05, 4.69) is 0 Å². The summed E-state index contributed by atoms with van der Waals surface area (Å²) in [7, 11) is 0. The Morgan fingerprint density at radius 2 is 1.88 bits per heavy atom. The summed E-state index contributed by atoms with van der Waals surface area (Å²) in [5, 5.41) is 18.4. The molecule has 0 saturated heterocycles. The van der Waals surface area contributed by atoms with Crippen molar-refractivity contribution in [3.63, 3.8) is 0 Å². The Morgan fingerprint density at radius 1 is 1.29 bits per heavy atom.